The summed E-state index contributed by atoms with van der Waals surface area (Å²) in [5, 5.41) is 4.97. The fourth-order valence-electron chi connectivity index (χ4n) is 3.59. The van der Waals surface area contributed by atoms with Gasteiger partial charge in [0.1, 0.15) is 10.6 Å². The zero-order valence-electron chi connectivity index (χ0n) is 15.1. The van der Waals surface area contributed by atoms with Crippen LogP contribution in [0, 0.1) is 5.82 Å². The molecule has 0 N–H and O–H groups in total. The largest absolute Gasteiger partial charge is 0.294 e. The first kappa shape index (κ1) is 18.0. The lowest BCUT2D eigenvalue weighted by atomic mass is 9.99. The van der Waals surface area contributed by atoms with E-state index < -0.39 is 5.82 Å². The van der Waals surface area contributed by atoms with Gasteiger partial charge >= 0.3 is 0 Å². The molecule has 2 aromatic heterocycles. The molecule has 0 aliphatic carbocycles. The van der Waals surface area contributed by atoms with E-state index in [1.165, 1.54) is 28.3 Å². The van der Waals surface area contributed by atoms with Gasteiger partial charge in [0.15, 0.2) is 0 Å². The van der Waals surface area contributed by atoms with Gasteiger partial charge in [-0.05, 0) is 28.5 Å². The van der Waals surface area contributed by atoms with Crippen molar-refractivity contribution in [3.63, 3.8) is 0 Å². The molecule has 0 fully saturated rings. The lowest BCUT2D eigenvalue weighted by Crippen LogP contribution is -2.21. The summed E-state index contributed by atoms with van der Waals surface area (Å²) in [7, 11) is 0. The average Bonchev–Trinajstić information content (AvgIpc) is 3.17. The van der Waals surface area contributed by atoms with Crippen LogP contribution in [0.4, 0.5) is 4.39 Å². The molecule has 0 aliphatic heterocycles. The number of fused-ring (bicyclic) bond motifs is 2. The van der Waals surface area contributed by atoms with Crippen molar-refractivity contribution in [2.24, 2.45) is 0 Å². The third-order valence-corrected chi connectivity index (χ3v) is 6.27. The molecule has 6 heteroatoms. The number of benzene rings is 3. The van der Waals surface area contributed by atoms with Crippen LogP contribution in [0.3, 0.4) is 0 Å². The fraction of sp³-hybridized carbons (Fsp3) is 0.0435. The van der Waals surface area contributed by atoms with E-state index in [4.69, 9.17) is 11.6 Å². The van der Waals surface area contributed by atoms with Gasteiger partial charge in [-0.1, -0.05) is 60.1 Å². The highest BCUT2D eigenvalue weighted by Gasteiger charge is 2.16. The number of thiophene rings is 1. The van der Waals surface area contributed by atoms with E-state index in [1.807, 2.05) is 47.8 Å². The fourth-order valence-corrected chi connectivity index (χ4v) is 4.71. The van der Waals surface area contributed by atoms with Gasteiger partial charge in [0.05, 0.1) is 18.3 Å². The van der Waals surface area contributed by atoms with E-state index in [1.54, 1.807) is 12.1 Å². The molecule has 0 atom stereocenters. The van der Waals surface area contributed by atoms with E-state index in [-0.39, 0.29) is 22.7 Å². The van der Waals surface area contributed by atoms with Crippen LogP contribution < -0.4 is 5.56 Å². The topological polar surface area (TPSA) is 34.9 Å². The van der Waals surface area contributed by atoms with Crippen molar-refractivity contribution in [1.29, 1.82) is 0 Å². The SMILES string of the molecule is O=c1c2c(-c3cccc4ccccc34)csc2ncn1Cc1c(F)cccc1Cl. The Balaban J connectivity index is 1.72. The molecule has 2 heterocycles. The molecule has 3 aromatic carbocycles. The molecule has 5 rings (SSSR count). The Labute approximate surface area is 174 Å². The predicted octanol–water partition coefficient (Wildman–Crippen LogP) is 6.12. The van der Waals surface area contributed by atoms with E-state index >= 15 is 0 Å². The summed E-state index contributed by atoms with van der Waals surface area (Å²) in [6, 6.07) is 18.6. The van der Waals surface area contributed by atoms with Gasteiger partial charge < -0.3 is 0 Å². The first-order valence-electron chi connectivity index (χ1n) is 9.01. The Morgan fingerprint density at radius 1 is 1.00 bits per heavy atom. The Morgan fingerprint density at radius 2 is 1.79 bits per heavy atom. The quantitative estimate of drug-likeness (QED) is 0.352. The molecular formula is C23H14ClFN2OS. The monoisotopic (exact) mass is 420 g/mol. The number of nitrogens with zero attached hydrogens (tertiary/aromatic N) is 2. The zero-order chi connectivity index (χ0) is 20.0. The zero-order valence-corrected chi connectivity index (χ0v) is 16.7. The summed E-state index contributed by atoms with van der Waals surface area (Å²) in [6.45, 7) is 0.0259. The van der Waals surface area contributed by atoms with Crippen molar-refractivity contribution in [2.45, 2.75) is 6.54 Å². The number of halogens is 2. The molecule has 0 unspecified atom stereocenters. The number of hydrogen-bond donors (Lipinski definition) is 0. The van der Waals surface area contributed by atoms with Crippen LogP contribution >= 0.6 is 22.9 Å². The van der Waals surface area contributed by atoms with Gasteiger partial charge in [-0.15, -0.1) is 11.3 Å². The Kier molecular flexibility index (Phi) is 4.42. The first-order chi connectivity index (χ1) is 14.1. The van der Waals surface area contributed by atoms with Crippen LogP contribution in [0.2, 0.25) is 5.02 Å². The second kappa shape index (κ2) is 7.10. The molecule has 5 aromatic rings. The molecular weight excluding hydrogens is 407 g/mol. The first-order valence-corrected chi connectivity index (χ1v) is 10.3. The van der Waals surface area contributed by atoms with Crippen LogP contribution in [0.25, 0.3) is 32.1 Å². The summed E-state index contributed by atoms with van der Waals surface area (Å²) in [5.41, 5.74) is 1.89. The van der Waals surface area contributed by atoms with E-state index in [0.717, 1.165) is 21.9 Å². The number of hydrogen-bond acceptors (Lipinski definition) is 3. The van der Waals surface area contributed by atoms with Crippen molar-refractivity contribution in [3.8, 4) is 11.1 Å². The van der Waals surface area contributed by atoms with Crippen LogP contribution in [0.15, 0.2) is 77.2 Å². The third kappa shape index (κ3) is 3.03. The second-order valence-electron chi connectivity index (χ2n) is 6.73. The van der Waals surface area contributed by atoms with Crippen molar-refractivity contribution in [2.75, 3.05) is 0 Å². The maximum absolute atomic E-state index is 14.2. The lowest BCUT2D eigenvalue weighted by Gasteiger charge is -2.10. The summed E-state index contributed by atoms with van der Waals surface area (Å²) in [4.78, 5) is 18.4. The van der Waals surface area contributed by atoms with Crippen LogP contribution in [-0.4, -0.2) is 9.55 Å². The smallest absolute Gasteiger partial charge is 0.263 e. The molecule has 0 bridgehead atoms. The van der Waals surface area contributed by atoms with E-state index in [2.05, 4.69) is 4.98 Å². The van der Waals surface area contributed by atoms with Gasteiger partial charge in [0.2, 0.25) is 0 Å². The Hall–Kier alpha value is -3.02. The van der Waals surface area contributed by atoms with E-state index in [0.29, 0.717) is 10.2 Å². The van der Waals surface area contributed by atoms with Crippen LogP contribution in [0.5, 0.6) is 0 Å². The molecule has 3 nitrogen and oxygen atoms in total. The maximum Gasteiger partial charge on any atom is 0.263 e. The van der Waals surface area contributed by atoms with Crippen LogP contribution in [0.1, 0.15) is 5.56 Å². The molecule has 0 saturated carbocycles. The minimum absolute atomic E-state index is 0.0259. The number of aromatic nitrogens is 2. The highest BCUT2D eigenvalue weighted by molar-refractivity contribution is 7.17. The minimum Gasteiger partial charge on any atom is -0.294 e. The second-order valence-corrected chi connectivity index (χ2v) is 8.00. The van der Waals surface area contributed by atoms with E-state index in [9.17, 15) is 9.18 Å². The third-order valence-electron chi connectivity index (χ3n) is 5.03. The summed E-state index contributed by atoms with van der Waals surface area (Å²) in [6.07, 6.45) is 1.46. The van der Waals surface area contributed by atoms with Crippen molar-refractivity contribution < 1.29 is 4.39 Å². The molecule has 29 heavy (non-hydrogen) atoms. The summed E-state index contributed by atoms with van der Waals surface area (Å²) in [5.74, 6) is -0.441. The molecule has 0 radical (unpaired) electrons. The summed E-state index contributed by atoms with van der Waals surface area (Å²) < 4.78 is 15.6. The highest BCUT2D eigenvalue weighted by atomic mass is 35.5. The van der Waals surface area contributed by atoms with Gasteiger partial charge in [-0.25, -0.2) is 9.37 Å². The lowest BCUT2D eigenvalue weighted by molar-refractivity contribution is 0.595. The average molecular weight is 421 g/mol. The molecule has 0 amide bonds. The van der Waals surface area contributed by atoms with Crippen molar-refractivity contribution >= 4 is 43.9 Å². The van der Waals surface area contributed by atoms with Crippen molar-refractivity contribution in [1.82, 2.24) is 9.55 Å². The van der Waals surface area contributed by atoms with Gasteiger partial charge in [-0.3, -0.25) is 9.36 Å². The number of rotatable bonds is 3. The summed E-state index contributed by atoms with van der Waals surface area (Å²) >= 11 is 7.58. The molecule has 142 valence electrons. The minimum atomic E-state index is -0.441. The predicted molar refractivity (Wildman–Crippen MR) is 117 cm³/mol. The molecule has 0 aliphatic rings. The molecule has 0 saturated heterocycles. The standard InChI is InChI=1S/C23H14ClFN2OS/c24-19-9-4-10-20(25)17(19)11-27-13-26-22-21(23(27)28)18(12-29-22)16-8-3-6-14-5-1-2-7-15(14)16/h1-10,12-13H,11H2. The van der Waals surface area contributed by atoms with Gasteiger partial charge in [-0.2, -0.15) is 0 Å². The maximum atomic E-state index is 14.2. The van der Waals surface area contributed by atoms with Crippen LogP contribution in [-0.2, 0) is 6.54 Å². The Morgan fingerprint density at radius 3 is 2.66 bits per heavy atom. The normalized spacial score (nSPS) is 11.4. The van der Waals surface area contributed by atoms with Gasteiger partial charge in [0.25, 0.3) is 5.56 Å². The van der Waals surface area contributed by atoms with Crippen molar-refractivity contribution in [3.05, 3.63) is 99.1 Å². The Bertz CT molecular complexity index is 1410. The van der Waals surface area contributed by atoms with Gasteiger partial charge in [0, 0.05) is 21.5 Å². The highest BCUT2D eigenvalue weighted by Crippen LogP contribution is 2.35. The molecule has 0 spiro atoms.